The standard InChI is InChI=1S/C14H14ClN3/c15-10-5-3-4-9(8-10)14-17-12-7-2-1-6-11(12)13(16)18-14/h3-5,8H,1-2,6-7H2,(H2,16,17,18). The number of fused-ring (bicyclic) bond motifs is 1. The Kier molecular flexibility index (Phi) is 2.92. The number of rotatable bonds is 1. The van der Waals surface area contributed by atoms with Crippen molar-refractivity contribution < 1.29 is 0 Å². The molecule has 2 aromatic rings. The molecule has 1 aliphatic carbocycles. The van der Waals surface area contributed by atoms with Crippen LogP contribution in [0.4, 0.5) is 5.82 Å². The van der Waals surface area contributed by atoms with Gasteiger partial charge in [-0.25, -0.2) is 9.97 Å². The fourth-order valence-corrected chi connectivity index (χ4v) is 2.57. The molecular weight excluding hydrogens is 246 g/mol. The van der Waals surface area contributed by atoms with E-state index >= 15 is 0 Å². The van der Waals surface area contributed by atoms with Gasteiger partial charge in [0.25, 0.3) is 0 Å². The maximum absolute atomic E-state index is 6.03. The highest BCUT2D eigenvalue weighted by Gasteiger charge is 2.16. The molecule has 0 spiro atoms. The van der Waals surface area contributed by atoms with E-state index in [0.29, 0.717) is 16.7 Å². The first-order valence-corrected chi connectivity index (χ1v) is 6.53. The number of aromatic nitrogens is 2. The minimum atomic E-state index is 0.620. The molecule has 0 saturated heterocycles. The molecule has 0 unspecified atom stereocenters. The fraction of sp³-hybridized carbons (Fsp3) is 0.286. The summed E-state index contributed by atoms with van der Waals surface area (Å²) < 4.78 is 0. The van der Waals surface area contributed by atoms with Crippen molar-refractivity contribution in [1.29, 1.82) is 0 Å². The van der Waals surface area contributed by atoms with E-state index in [1.807, 2.05) is 24.3 Å². The molecule has 1 aromatic heterocycles. The van der Waals surface area contributed by atoms with Crippen molar-refractivity contribution in [3.8, 4) is 11.4 Å². The summed E-state index contributed by atoms with van der Waals surface area (Å²) in [6, 6.07) is 7.56. The number of nitrogens with two attached hydrogens (primary N) is 1. The van der Waals surface area contributed by atoms with Gasteiger partial charge >= 0.3 is 0 Å². The molecule has 0 fully saturated rings. The van der Waals surface area contributed by atoms with Gasteiger partial charge in [-0.3, -0.25) is 0 Å². The molecule has 3 rings (SSSR count). The summed E-state index contributed by atoms with van der Waals surface area (Å²) in [7, 11) is 0. The number of anilines is 1. The minimum absolute atomic E-state index is 0.620. The van der Waals surface area contributed by atoms with E-state index in [4.69, 9.17) is 17.3 Å². The van der Waals surface area contributed by atoms with E-state index < -0.39 is 0 Å². The summed E-state index contributed by atoms with van der Waals surface area (Å²) in [6.07, 6.45) is 4.35. The first kappa shape index (κ1) is 11.5. The largest absolute Gasteiger partial charge is 0.383 e. The van der Waals surface area contributed by atoms with Crippen molar-refractivity contribution in [1.82, 2.24) is 9.97 Å². The summed E-state index contributed by atoms with van der Waals surface area (Å²) in [5, 5.41) is 0.687. The number of halogens is 1. The van der Waals surface area contributed by atoms with Crippen LogP contribution in [0.5, 0.6) is 0 Å². The lowest BCUT2D eigenvalue weighted by Crippen LogP contribution is -2.11. The van der Waals surface area contributed by atoms with E-state index in [2.05, 4.69) is 9.97 Å². The topological polar surface area (TPSA) is 51.8 Å². The highest BCUT2D eigenvalue weighted by atomic mass is 35.5. The summed E-state index contributed by atoms with van der Waals surface area (Å²) in [6.45, 7) is 0. The normalized spacial score (nSPS) is 14.3. The Morgan fingerprint density at radius 1 is 1.11 bits per heavy atom. The van der Waals surface area contributed by atoms with Crippen molar-refractivity contribution >= 4 is 17.4 Å². The molecule has 0 radical (unpaired) electrons. The summed E-state index contributed by atoms with van der Waals surface area (Å²) in [5.74, 6) is 1.30. The average Bonchev–Trinajstić information content (AvgIpc) is 2.39. The van der Waals surface area contributed by atoms with Crippen LogP contribution < -0.4 is 5.73 Å². The zero-order valence-electron chi connectivity index (χ0n) is 9.99. The second-order valence-corrected chi connectivity index (χ2v) is 5.01. The average molecular weight is 260 g/mol. The van der Waals surface area contributed by atoms with Crippen LogP contribution in [0.2, 0.25) is 5.02 Å². The van der Waals surface area contributed by atoms with Gasteiger partial charge in [0.05, 0.1) is 0 Å². The van der Waals surface area contributed by atoms with Gasteiger partial charge in [-0.1, -0.05) is 23.7 Å². The van der Waals surface area contributed by atoms with E-state index in [1.165, 1.54) is 12.8 Å². The van der Waals surface area contributed by atoms with Crippen LogP contribution >= 0.6 is 11.6 Å². The molecule has 1 aromatic carbocycles. The molecular formula is C14H14ClN3. The summed E-state index contributed by atoms with van der Waals surface area (Å²) in [4.78, 5) is 9.04. The molecule has 1 aliphatic rings. The predicted octanol–water partition coefficient (Wildman–Crippen LogP) is 3.26. The van der Waals surface area contributed by atoms with E-state index in [1.54, 1.807) is 0 Å². The Bertz CT molecular complexity index is 596. The first-order valence-electron chi connectivity index (χ1n) is 6.15. The van der Waals surface area contributed by atoms with Gasteiger partial charge in [0.15, 0.2) is 5.82 Å². The van der Waals surface area contributed by atoms with Gasteiger partial charge in [-0.15, -0.1) is 0 Å². The number of aryl methyl sites for hydroxylation is 1. The molecule has 0 amide bonds. The summed E-state index contributed by atoms with van der Waals surface area (Å²) in [5.41, 5.74) is 9.18. The third-order valence-electron chi connectivity index (χ3n) is 3.30. The SMILES string of the molecule is Nc1nc(-c2cccc(Cl)c2)nc2c1CCCC2. The van der Waals surface area contributed by atoms with Gasteiger partial charge in [0.2, 0.25) is 0 Å². The monoisotopic (exact) mass is 259 g/mol. The number of nitrogen functional groups attached to an aromatic ring is 1. The number of nitrogens with zero attached hydrogens (tertiary/aromatic N) is 2. The van der Waals surface area contributed by atoms with Gasteiger partial charge in [-0.2, -0.15) is 0 Å². The molecule has 0 atom stereocenters. The third kappa shape index (κ3) is 2.06. The van der Waals surface area contributed by atoms with Crippen LogP contribution in [-0.4, -0.2) is 9.97 Å². The molecule has 2 N–H and O–H groups in total. The van der Waals surface area contributed by atoms with Gasteiger partial charge in [0.1, 0.15) is 5.82 Å². The first-order chi connectivity index (χ1) is 8.74. The predicted molar refractivity (Wildman–Crippen MR) is 73.5 cm³/mol. The van der Waals surface area contributed by atoms with Gasteiger partial charge in [0, 0.05) is 21.8 Å². The Morgan fingerprint density at radius 2 is 1.94 bits per heavy atom. The molecule has 0 aliphatic heterocycles. The molecule has 0 saturated carbocycles. The van der Waals surface area contributed by atoms with Crippen molar-refractivity contribution in [2.45, 2.75) is 25.7 Å². The fourth-order valence-electron chi connectivity index (χ4n) is 2.38. The lowest BCUT2D eigenvalue weighted by molar-refractivity contribution is 0.666. The second kappa shape index (κ2) is 4.58. The van der Waals surface area contributed by atoms with Crippen molar-refractivity contribution in [3.05, 3.63) is 40.5 Å². The van der Waals surface area contributed by atoms with Crippen LogP contribution in [0.3, 0.4) is 0 Å². The van der Waals surface area contributed by atoms with E-state index in [0.717, 1.165) is 29.7 Å². The van der Waals surface area contributed by atoms with Gasteiger partial charge in [-0.05, 0) is 37.8 Å². The maximum Gasteiger partial charge on any atom is 0.161 e. The minimum Gasteiger partial charge on any atom is -0.383 e. The van der Waals surface area contributed by atoms with Crippen molar-refractivity contribution in [3.63, 3.8) is 0 Å². The lowest BCUT2D eigenvalue weighted by atomic mass is 9.96. The van der Waals surface area contributed by atoms with Crippen LogP contribution in [0.25, 0.3) is 11.4 Å². The Hall–Kier alpha value is -1.61. The Balaban J connectivity index is 2.11. The second-order valence-electron chi connectivity index (χ2n) is 4.58. The molecule has 1 heterocycles. The molecule has 4 heteroatoms. The van der Waals surface area contributed by atoms with Crippen LogP contribution in [0.1, 0.15) is 24.1 Å². The zero-order chi connectivity index (χ0) is 12.5. The zero-order valence-corrected chi connectivity index (χ0v) is 10.7. The smallest absolute Gasteiger partial charge is 0.161 e. The van der Waals surface area contributed by atoms with E-state index in [9.17, 15) is 0 Å². The van der Waals surface area contributed by atoms with Crippen LogP contribution in [-0.2, 0) is 12.8 Å². The van der Waals surface area contributed by atoms with Gasteiger partial charge < -0.3 is 5.73 Å². The lowest BCUT2D eigenvalue weighted by Gasteiger charge is -2.17. The molecule has 3 nitrogen and oxygen atoms in total. The highest BCUT2D eigenvalue weighted by molar-refractivity contribution is 6.30. The maximum atomic E-state index is 6.03. The number of benzene rings is 1. The Morgan fingerprint density at radius 3 is 2.78 bits per heavy atom. The quantitative estimate of drug-likeness (QED) is 0.855. The van der Waals surface area contributed by atoms with E-state index in [-0.39, 0.29) is 0 Å². The summed E-state index contributed by atoms with van der Waals surface area (Å²) >= 11 is 5.99. The highest BCUT2D eigenvalue weighted by Crippen LogP contribution is 2.27. The van der Waals surface area contributed by atoms with Crippen LogP contribution in [0.15, 0.2) is 24.3 Å². The van der Waals surface area contributed by atoms with Crippen LogP contribution in [0, 0.1) is 0 Å². The molecule has 92 valence electrons. The third-order valence-corrected chi connectivity index (χ3v) is 3.53. The van der Waals surface area contributed by atoms with Crippen molar-refractivity contribution in [2.24, 2.45) is 0 Å². The Labute approximate surface area is 111 Å². The number of hydrogen-bond acceptors (Lipinski definition) is 3. The molecule has 18 heavy (non-hydrogen) atoms. The number of hydrogen-bond donors (Lipinski definition) is 1. The van der Waals surface area contributed by atoms with Crippen molar-refractivity contribution in [2.75, 3.05) is 5.73 Å². The molecule has 0 bridgehead atoms.